The summed E-state index contributed by atoms with van der Waals surface area (Å²) in [6, 6.07) is 10.1. The molecule has 1 aliphatic heterocycles. The molecular formula is C18H22N2O2. The molecule has 116 valence electrons. The molecule has 1 saturated carbocycles. The number of amides is 1. The van der Waals surface area contributed by atoms with Crippen LogP contribution in [0.5, 0.6) is 0 Å². The number of hydrogen-bond donors (Lipinski definition) is 1. The summed E-state index contributed by atoms with van der Waals surface area (Å²) in [5.74, 6) is 0.0477. The largest absolute Gasteiger partial charge is 0.396 e. The van der Waals surface area contributed by atoms with Gasteiger partial charge in [0.1, 0.15) is 0 Å². The van der Waals surface area contributed by atoms with Gasteiger partial charge in [0.15, 0.2) is 0 Å². The smallest absolute Gasteiger partial charge is 0.254 e. The Hall–Kier alpha value is -1.86. The van der Waals surface area contributed by atoms with E-state index in [0.29, 0.717) is 12.0 Å². The number of carbonyl (C=O) groups excluding carboxylic acids is 1. The van der Waals surface area contributed by atoms with E-state index in [2.05, 4.69) is 6.07 Å². The average molecular weight is 298 g/mol. The van der Waals surface area contributed by atoms with Crippen LogP contribution in [-0.4, -0.2) is 35.1 Å². The molecule has 1 aliphatic carbocycles. The summed E-state index contributed by atoms with van der Waals surface area (Å²) in [7, 11) is 0. The van der Waals surface area contributed by atoms with Gasteiger partial charge in [-0.3, -0.25) is 4.79 Å². The molecule has 1 N–H and O–H groups in total. The predicted molar refractivity (Wildman–Crippen MR) is 83.3 cm³/mol. The molecule has 0 spiro atoms. The minimum Gasteiger partial charge on any atom is -0.396 e. The molecule has 0 radical (unpaired) electrons. The summed E-state index contributed by atoms with van der Waals surface area (Å²) in [4.78, 5) is 14.6. The Morgan fingerprint density at radius 1 is 1.32 bits per heavy atom. The van der Waals surface area contributed by atoms with Crippen LogP contribution in [0.3, 0.4) is 0 Å². The van der Waals surface area contributed by atoms with E-state index >= 15 is 0 Å². The lowest BCUT2D eigenvalue weighted by atomic mass is 9.95. The van der Waals surface area contributed by atoms with Crippen LogP contribution in [0.4, 0.5) is 0 Å². The lowest BCUT2D eigenvalue weighted by Crippen LogP contribution is -2.44. The van der Waals surface area contributed by atoms with Crippen molar-refractivity contribution in [3.63, 3.8) is 0 Å². The van der Waals surface area contributed by atoms with Crippen LogP contribution in [0, 0.1) is 11.3 Å². The molecule has 4 heteroatoms. The first kappa shape index (κ1) is 15.1. The van der Waals surface area contributed by atoms with Crippen LogP contribution in [0.25, 0.3) is 0 Å². The van der Waals surface area contributed by atoms with Crippen LogP contribution in [0.2, 0.25) is 0 Å². The van der Waals surface area contributed by atoms with Crippen LogP contribution < -0.4 is 0 Å². The quantitative estimate of drug-likeness (QED) is 0.929. The Bertz CT molecular complexity index is 582. The van der Waals surface area contributed by atoms with Gasteiger partial charge < -0.3 is 10.0 Å². The first-order valence-corrected chi connectivity index (χ1v) is 8.14. The van der Waals surface area contributed by atoms with Gasteiger partial charge in [0.05, 0.1) is 11.5 Å². The van der Waals surface area contributed by atoms with E-state index in [1.54, 1.807) is 0 Å². The first-order chi connectivity index (χ1) is 10.7. The maximum atomic E-state index is 12.7. The lowest BCUT2D eigenvalue weighted by Gasteiger charge is -2.35. The summed E-state index contributed by atoms with van der Waals surface area (Å²) in [5, 5.41) is 18.4. The summed E-state index contributed by atoms with van der Waals surface area (Å²) in [6.07, 6.45) is 5.62. The van der Waals surface area contributed by atoms with Crippen molar-refractivity contribution < 1.29 is 9.90 Å². The van der Waals surface area contributed by atoms with E-state index in [0.717, 1.165) is 44.2 Å². The molecule has 3 rings (SSSR count). The normalized spacial score (nSPS) is 22.9. The summed E-state index contributed by atoms with van der Waals surface area (Å²) in [5.41, 5.74) is 1.41. The van der Waals surface area contributed by atoms with Gasteiger partial charge in [0, 0.05) is 24.8 Å². The van der Waals surface area contributed by atoms with Gasteiger partial charge in [-0.15, -0.1) is 0 Å². The molecule has 1 aromatic rings. The molecule has 1 amide bonds. The number of aliphatic hydroxyl groups is 1. The summed E-state index contributed by atoms with van der Waals surface area (Å²) < 4.78 is 0. The van der Waals surface area contributed by atoms with Crippen molar-refractivity contribution in [2.75, 3.05) is 13.2 Å². The number of benzene rings is 1. The third-order valence-corrected chi connectivity index (χ3v) is 5.00. The Balaban J connectivity index is 1.75. The third-order valence-electron chi connectivity index (χ3n) is 5.00. The highest BCUT2D eigenvalue weighted by atomic mass is 16.3. The Morgan fingerprint density at radius 3 is 2.64 bits per heavy atom. The number of nitrogens with zero attached hydrogens (tertiary/aromatic N) is 2. The van der Waals surface area contributed by atoms with E-state index in [9.17, 15) is 15.2 Å². The highest BCUT2D eigenvalue weighted by Gasteiger charge is 2.44. The first-order valence-electron chi connectivity index (χ1n) is 8.14. The molecular weight excluding hydrogens is 276 g/mol. The standard InChI is InChI=1S/C18H22N2O2/c19-13-18(9-10-18)15-6-4-14(5-7-15)17(22)20-11-2-1-3-16(20)8-12-21/h4-7,16,21H,1-3,8-12H2. The number of likely N-dealkylation sites (tertiary alicyclic amines) is 1. The van der Waals surface area contributed by atoms with E-state index in [4.69, 9.17) is 0 Å². The number of nitriles is 1. The molecule has 22 heavy (non-hydrogen) atoms. The molecule has 1 saturated heterocycles. The van der Waals surface area contributed by atoms with Crippen molar-refractivity contribution in [2.45, 2.75) is 50.0 Å². The average Bonchev–Trinajstić information content (AvgIpc) is 3.36. The van der Waals surface area contributed by atoms with Crippen LogP contribution in [-0.2, 0) is 5.41 Å². The highest BCUT2D eigenvalue weighted by Crippen LogP contribution is 2.47. The number of hydrogen-bond acceptors (Lipinski definition) is 3. The number of aliphatic hydroxyl groups excluding tert-OH is 1. The van der Waals surface area contributed by atoms with Crippen LogP contribution in [0.1, 0.15) is 54.4 Å². The van der Waals surface area contributed by atoms with Crippen molar-refractivity contribution in [1.29, 1.82) is 5.26 Å². The second-order valence-corrected chi connectivity index (χ2v) is 6.43. The number of piperidine rings is 1. The number of rotatable bonds is 4. The zero-order chi connectivity index (χ0) is 15.6. The SMILES string of the molecule is N#CC1(c2ccc(C(=O)N3CCCCC3CCO)cc2)CC1. The molecule has 1 atom stereocenters. The Morgan fingerprint density at radius 2 is 2.05 bits per heavy atom. The fourth-order valence-corrected chi connectivity index (χ4v) is 3.40. The zero-order valence-corrected chi connectivity index (χ0v) is 12.8. The Kier molecular flexibility index (Phi) is 4.17. The van der Waals surface area contributed by atoms with Crippen molar-refractivity contribution >= 4 is 5.91 Å². The maximum absolute atomic E-state index is 12.7. The van der Waals surface area contributed by atoms with E-state index in [1.807, 2.05) is 29.2 Å². The van der Waals surface area contributed by atoms with Crippen LogP contribution >= 0.6 is 0 Å². The fourth-order valence-electron chi connectivity index (χ4n) is 3.40. The second-order valence-electron chi connectivity index (χ2n) is 6.43. The molecule has 2 fully saturated rings. The topological polar surface area (TPSA) is 64.3 Å². The van der Waals surface area contributed by atoms with Gasteiger partial charge in [-0.1, -0.05) is 12.1 Å². The highest BCUT2D eigenvalue weighted by molar-refractivity contribution is 5.94. The molecule has 0 aromatic heterocycles. The van der Waals surface area contributed by atoms with Gasteiger partial charge in [-0.2, -0.15) is 5.26 Å². The van der Waals surface area contributed by atoms with Gasteiger partial charge in [0.2, 0.25) is 0 Å². The molecule has 4 nitrogen and oxygen atoms in total. The maximum Gasteiger partial charge on any atom is 0.254 e. The summed E-state index contributed by atoms with van der Waals surface area (Å²) in [6.45, 7) is 0.894. The van der Waals surface area contributed by atoms with Gasteiger partial charge >= 0.3 is 0 Å². The zero-order valence-electron chi connectivity index (χ0n) is 12.8. The minimum atomic E-state index is -0.299. The predicted octanol–water partition coefficient (Wildman–Crippen LogP) is 2.62. The molecule has 1 aromatic carbocycles. The van der Waals surface area contributed by atoms with Crippen LogP contribution in [0.15, 0.2) is 24.3 Å². The summed E-state index contributed by atoms with van der Waals surface area (Å²) >= 11 is 0. The van der Waals surface area contributed by atoms with E-state index in [1.165, 1.54) is 0 Å². The van der Waals surface area contributed by atoms with Gasteiger partial charge in [0.25, 0.3) is 5.91 Å². The van der Waals surface area contributed by atoms with Crippen molar-refractivity contribution in [3.8, 4) is 6.07 Å². The molecule has 2 aliphatic rings. The lowest BCUT2D eigenvalue weighted by molar-refractivity contribution is 0.0574. The monoisotopic (exact) mass is 298 g/mol. The molecule has 0 bridgehead atoms. The van der Waals surface area contributed by atoms with Crippen molar-refractivity contribution in [3.05, 3.63) is 35.4 Å². The van der Waals surface area contributed by atoms with E-state index < -0.39 is 0 Å². The second kappa shape index (κ2) is 6.10. The van der Waals surface area contributed by atoms with Crippen molar-refractivity contribution in [2.24, 2.45) is 0 Å². The fraction of sp³-hybridized carbons (Fsp3) is 0.556. The minimum absolute atomic E-state index is 0.0477. The van der Waals surface area contributed by atoms with Crippen molar-refractivity contribution in [1.82, 2.24) is 4.90 Å². The Labute approximate surface area is 131 Å². The van der Waals surface area contributed by atoms with Gasteiger partial charge in [-0.05, 0) is 56.2 Å². The van der Waals surface area contributed by atoms with E-state index in [-0.39, 0.29) is 24.0 Å². The number of carbonyl (C=O) groups is 1. The molecule has 1 unspecified atom stereocenters. The van der Waals surface area contributed by atoms with Gasteiger partial charge in [-0.25, -0.2) is 0 Å². The molecule has 1 heterocycles. The third kappa shape index (κ3) is 2.74.